The molecule has 2 atom stereocenters. The predicted molar refractivity (Wildman–Crippen MR) is 141 cm³/mol. The molecule has 39 heavy (non-hydrogen) atoms. The molecule has 0 aromatic heterocycles. The van der Waals surface area contributed by atoms with E-state index in [1.165, 1.54) is 11.0 Å². The van der Waals surface area contributed by atoms with Gasteiger partial charge in [0.1, 0.15) is 11.8 Å². The maximum atomic E-state index is 13.1. The van der Waals surface area contributed by atoms with Crippen molar-refractivity contribution in [2.75, 3.05) is 31.5 Å². The Balaban J connectivity index is 2.13. The van der Waals surface area contributed by atoms with Gasteiger partial charge in [0.05, 0.1) is 17.5 Å². The molecule has 2 rings (SSSR count). The number of amides is 3. The Morgan fingerprint density at radius 3 is 2.21 bits per heavy atom. The molecule has 0 aliphatic carbocycles. The van der Waals surface area contributed by atoms with Crippen LogP contribution in [0.4, 0.5) is 18.9 Å². The fourth-order valence-corrected chi connectivity index (χ4v) is 3.82. The third-order valence-electron chi connectivity index (χ3n) is 5.50. The van der Waals surface area contributed by atoms with E-state index in [4.69, 9.17) is 28.8 Å². The molecule has 0 aliphatic heterocycles. The summed E-state index contributed by atoms with van der Waals surface area (Å²) in [5, 5.41) is 4.72. The lowest BCUT2D eigenvalue weighted by Gasteiger charge is -2.24. The molecule has 0 bridgehead atoms. The molecule has 0 fully saturated rings. The fraction of sp³-hybridized carbons (Fsp3) is 0.400. The number of nitrogens with two attached hydrogens (primary N) is 3. The van der Waals surface area contributed by atoms with E-state index in [1.54, 1.807) is 0 Å². The second-order valence-corrected chi connectivity index (χ2v) is 8.94. The molecule has 8 N–H and O–H groups in total. The van der Waals surface area contributed by atoms with Crippen LogP contribution in [0, 0.1) is 0 Å². The zero-order valence-corrected chi connectivity index (χ0v) is 21.8. The number of halogens is 4. The first-order valence-corrected chi connectivity index (χ1v) is 12.4. The highest BCUT2D eigenvalue weighted by Gasteiger charge is 2.32. The number of hydrogen-bond acceptors (Lipinski definition) is 7. The summed E-state index contributed by atoms with van der Waals surface area (Å²) >= 11 is 5.87. The minimum absolute atomic E-state index is 0.0807. The molecule has 2 aromatic rings. The van der Waals surface area contributed by atoms with Gasteiger partial charge < -0.3 is 37.5 Å². The van der Waals surface area contributed by atoms with Crippen molar-refractivity contribution >= 4 is 35.0 Å². The van der Waals surface area contributed by atoms with Gasteiger partial charge in [-0.05, 0) is 36.6 Å². The topological polar surface area (TPSA) is 166 Å². The number of hydrogen-bond donors (Lipinski definition) is 5. The number of carbonyl (C=O) groups is 3. The summed E-state index contributed by atoms with van der Waals surface area (Å²) in [5.41, 5.74) is 18.0. The number of rotatable bonds is 14. The lowest BCUT2D eigenvalue weighted by Crippen LogP contribution is -2.52. The smallest absolute Gasteiger partial charge is 0.404 e. The Morgan fingerprint density at radius 1 is 1.00 bits per heavy atom. The number of nitrogens with one attached hydrogen (secondary N) is 2. The van der Waals surface area contributed by atoms with E-state index in [-0.39, 0.29) is 49.7 Å². The molecule has 0 spiro atoms. The second-order valence-electron chi connectivity index (χ2n) is 8.54. The van der Waals surface area contributed by atoms with Crippen molar-refractivity contribution in [3.8, 4) is 5.75 Å². The third kappa shape index (κ3) is 11.1. The van der Waals surface area contributed by atoms with Crippen LogP contribution in [-0.2, 0) is 20.8 Å². The zero-order chi connectivity index (χ0) is 29.0. The highest BCUT2D eigenvalue weighted by molar-refractivity contribution is 6.32. The van der Waals surface area contributed by atoms with Gasteiger partial charge >= 0.3 is 6.36 Å². The predicted octanol–water partition coefficient (Wildman–Crippen LogP) is 1.76. The number of alkyl halides is 3. The maximum absolute atomic E-state index is 13.1. The quantitative estimate of drug-likeness (QED) is 0.230. The minimum Gasteiger partial charge on any atom is -0.404 e. The van der Waals surface area contributed by atoms with E-state index >= 15 is 0 Å². The zero-order valence-electron chi connectivity index (χ0n) is 21.0. The van der Waals surface area contributed by atoms with Crippen molar-refractivity contribution in [3.63, 3.8) is 0 Å². The van der Waals surface area contributed by atoms with Gasteiger partial charge in [-0.25, -0.2) is 0 Å². The van der Waals surface area contributed by atoms with Crippen LogP contribution >= 0.6 is 11.6 Å². The van der Waals surface area contributed by atoms with Gasteiger partial charge in [0, 0.05) is 31.9 Å². The standard InChI is InChI=1S/C25H32ClF3N6O4/c26-18-14-17(7-9-21(18)39-25(27,28)29)33-24(38)20(8-6-16-4-2-1-3-5-16)34-23(37)19(32)15-22(36)35(12-10-30)13-11-31/h1-5,7,9,14,19-20H,6,8,10-13,15,30-32H2,(H,33,38)(H,34,37). The highest BCUT2D eigenvalue weighted by atomic mass is 35.5. The van der Waals surface area contributed by atoms with Crippen molar-refractivity contribution in [2.24, 2.45) is 17.2 Å². The molecule has 2 unspecified atom stereocenters. The van der Waals surface area contributed by atoms with E-state index in [0.29, 0.717) is 6.42 Å². The number of anilines is 1. The van der Waals surface area contributed by atoms with Crippen LogP contribution in [0.25, 0.3) is 0 Å². The summed E-state index contributed by atoms with van der Waals surface area (Å²) in [7, 11) is 0. The minimum atomic E-state index is -4.94. The Bertz CT molecular complexity index is 1100. The molecule has 2 aromatic carbocycles. The molecular weight excluding hydrogens is 541 g/mol. The van der Waals surface area contributed by atoms with Crippen molar-refractivity contribution < 1.29 is 32.3 Å². The maximum Gasteiger partial charge on any atom is 0.573 e. The summed E-state index contributed by atoms with van der Waals surface area (Å²) in [6.07, 6.45) is -4.69. The van der Waals surface area contributed by atoms with E-state index in [1.807, 2.05) is 30.3 Å². The van der Waals surface area contributed by atoms with E-state index < -0.39 is 41.9 Å². The molecule has 10 nitrogen and oxygen atoms in total. The van der Waals surface area contributed by atoms with Crippen molar-refractivity contribution in [3.05, 3.63) is 59.1 Å². The summed E-state index contributed by atoms with van der Waals surface area (Å²) in [4.78, 5) is 39.9. The summed E-state index contributed by atoms with van der Waals surface area (Å²) < 4.78 is 41.4. The van der Waals surface area contributed by atoms with Gasteiger partial charge in [-0.15, -0.1) is 13.2 Å². The fourth-order valence-electron chi connectivity index (χ4n) is 3.60. The van der Waals surface area contributed by atoms with E-state index in [9.17, 15) is 27.6 Å². The Labute approximate surface area is 229 Å². The Morgan fingerprint density at radius 2 is 1.64 bits per heavy atom. The lowest BCUT2D eigenvalue weighted by atomic mass is 10.0. The molecule has 14 heteroatoms. The first-order valence-electron chi connectivity index (χ1n) is 12.1. The normalized spacial score (nSPS) is 12.8. The van der Waals surface area contributed by atoms with Crippen LogP contribution in [0.3, 0.4) is 0 Å². The monoisotopic (exact) mass is 572 g/mol. The molecule has 0 saturated carbocycles. The number of ether oxygens (including phenoxy) is 1. The van der Waals surface area contributed by atoms with Crippen LogP contribution in [-0.4, -0.2) is 67.2 Å². The largest absolute Gasteiger partial charge is 0.573 e. The van der Waals surface area contributed by atoms with Crippen molar-refractivity contribution in [2.45, 2.75) is 37.7 Å². The molecule has 0 saturated heterocycles. The average Bonchev–Trinajstić information content (AvgIpc) is 2.87. The van der Waals surface area contributed by atoms with Crippen molar-refractivity contribution in [1.29, 1.82) is 0 Å². The molecule has 0 radical (unpaired) electrons. The summed E-state index contributed by atoms with van der Waals surface area (Å²) in [6.45, 7) is 0.925. The molecule has 0 heterocycles. The van der Waals surface area contributed by atoms with Gasteiger partial charge in [0.15, 0.2) is 0 Å². The Hall–Kier alpha value is -3.39. The van der Waals surface area contributed by atoms with E-state index in [2.05, 4.69) is 15.4 Å². The van der Waals surface area contributed by atoms with Gasteiger partial charge in [0.2, 0.25) is 17.7 Å². The molecule has 3 amide bonds. The SMILES string of the molecule is NCCN(CCN)C(=O)CC(N)C(=O)NC(CCc1ccccc1)C(=O)Nc1ccc(OC(F)(F)F)c(Cl)c1. The van der Waals surface area contributed by atoms with Crippen molar-refractivity contribution in [1.82, 2.24) is 10.2 Å². The first-order chi connectivity index (χ1) is 18.4. The van der Waals surface area contributed by atoms with Crippen LogP contribution < -0.4 is 32.6 Å². The molecular formula is C25H32ClF3N6O4. The number of aryl methyl sites for hydroxylation is 1. The third-order valence-corrected chi connectivity index (χ3v) is 5.80. The highest BCUT2D eigenvalue weighted by Crippen LogP contribution is 2.32. The number of nitrogens with zero attached hydrogens (tertiary/aromatic N) is 1. The second kappa shape index (κ2) is 15.3. The van der Waals surface area contributed by atoms with Crippen LogP contribution in [0.15, 0.2) is 48.5 Å². The average molecular weight is 573 g/mol. The number of carbonyl (C=O) groups excluding carboxylic acids is 3. The van der Waals surface area contributed by atoms with Gasteiger partial charge in [-0.3, -0.25) is 14.4 Å². The molecule has 214 valence electrons. The number of benzene rings is 2. The van der Waals surface area contributed by atoms with Gasteiger partial charge in [-0.2, -0.15) is 0 Å². The van der Waals surface area contributed by atoms with E-state index in [0.717, 1.165) is 17.7 Å². The van der Waals surface area contributed by atoms with Gasteiger partial charge in [-0.1, -0.05) is 41.9 Å². The molecule has 0 aliphatic rings. The first kappa shape index (κ1) is 31.8. The Kier molecular flexibility index (Phi) is 12.5. The van der Waals surface area contributed by atoms with Gasteiger partial charge in [0.25, 0.3) is 0 Å². The summed E-state index contributed by atoms with van der Waals surface area (Å²) in [5.74, 6) is -2.44. The van der Waals surface area contributed by atoms with Crippen LogP contribution in [0.5, 0.6) is 5.75 Å². The van der Waals surface area contributed by atoms with Crippen LogP contribution in [0.1, 0.15) is 18.4 Å². The van der Waals surface area contributed by atoms with Crippen LogP contribution in [0.2, 0.25) is 5.02 Å². The lowest BCUT2D eigenvalue weighted by molar-refractivity contribution is -0.274. The summed E-state index contributed by atoms with van der Waals surface area (Å²) in [6, 6.07) is 10.1.